The molecule has 0 bridgehead atoms. The van der Waals surface area contributed by atoms with Gasteiger partial charge in [0.05, 0.1) is 0 Å². The molecular formula is C12H15N3S2. The molecule has 0 aliphatic rings. The van der Waals surface area contributed by atoms with Gasteiger partial charge in [0.1, 0.15) is 10.7 Å². The van der Waals surface area contributed by atoms with Crippen LogP contribution >= 0.6 is 23.3 Å². The van der Waals surface area contributed by atoms with Gasteiger partial charge in [-0.3, -0.25) is 0 Å². The van der Waals surface area contributed by atoms with Crippen LogP contribution in [0, 0.1) is 13.8 Å². The van der Waals surface area contributed by atoms with Crippen molar-refractivity contribution in [3.8, 4) is 0 Å². The Morgan fingerprint density at radius 1 is 1.35 bits per heavy atom. The van der Waals surface area contributed by atoms with Crippen molar-refractivity contribution in [2.45, 2.75) is 24.5 Å². The summed E-state index contributed by atoms with van der Waals surface area (Å²) in [6.07, 6.45) is 0. The zero-order chi connectivity index (χ0) is 12.3. The Morgan fingerprint density at radius 2 is 2.18 bits per heavy atom. The van der Waals surface area contributed by atoms with Crippen LogP contribution in [0.4, 0.5) is 5.00 Å². The van der Waals surface area contributed by atoms with E-state index in [9.17, 15) is 0 Å². The highest BCUT2D eigenvalue weighted by atomic mass is 32.2. The van der Waals surface area contributed by atoms with E-state index >= 15 is 0 Å². The molecule has 1 aromatic carbocycles. The SMILES string of the molecule is CNc1snnc1CSc1cc(C)ccc1C. The maximum Gasteiger partial charge on any atom is 0.133 e. The van der Waals surface area contributed by atoms with E-state index in [1.807, 2.05) is 18.8 Å². The van der Waals surface area contributed by atoms with Crippen LogP contribution in [-0.2, 0) is 5.75 Å². The quantitative estimate of drug-likeness (QED) is 0.859. The van der Waals surface area contributed by atoms with Gasteiger partial charge < -0.3 is 5.32 Å². The van der Waals surface area contributed by atoms with Crippen LogP contribution < -0.4 is 5.32 Å². The Morgan fingerprint density at radius 3 is 2.94 bits per heavy atom. The van der Waals surface area contributed by atoms with Crippen LogP contribution in [0.2, 0.25) is 0 Å². The molecule has 2 rings (SSSR count). The minimum Gasteiger partial charge on any atom is -0.377 e. The smallest absolute Gasteiger partial charge is 0.133 e. The number of aryl methyl sites for hydroxylation is 2. The number of rotatable bonds is 4. The van der Waals surface area contributed by atoms with Crippen molar-refractivity contribution in [3.63, 3.8) is 0 Å². The first kappa shape index (κ1) is 12.4. The summed E-state index contributed by atoms with van der Waals surface area (Å²) in [5.74, 6) is 0.858. The van der Waals surface area contributed by atoms with E-state index in [1.54, 1.807) is 0 Å². The van der Waals surface area contributed by atoms with Gasteiger partial charge in [-0.05, 0) is 25.5 Å². The molecule has 3 nitrogen and oxygen atoms in total. The second kappa shape index (κ2) is 5.51. The van der Waals surface area contributed by atoms with Crippen molar-refractivity contribution in [3.05, 3.63) is 35.0 Å². The minimum absolute atomic E-state index is 0.858. The van der Waals surface area contributed by atoms with Crippen molar-refractivity contribution in [2.75, 3.05) is 12.4 Å². The maximum atomic E-state index is 4.14. The van der Waals surface area contributed by atoms with E-state index in [4.69, 9.17) is 0 Å². The number of nitrogens with one attached hydrogen (secondary N) is 1. The summed E-state index contributed by atoms with van der Waals surface area (Å²) in [4.78, 5) is 1.32. The fraction of sp³-hybridized carbons (Fsp3) is 0.333. The summed E-state index contributed by atoms with van der Waals surface area (Å²) in [6.45, 7) is 4.26. The molecule has 1 aromatic heterocycles. The Hall–Kier alpha value is -1.07. The van der Waals surface area contributed by atoms with Crippen LogP contribution in [-0.4, -0.2) is 16.6 Å². The minimum atomic E-state index is 0.858. The molecule has 0 saturated carbocycles. The standard InChI is InChI=1S/C12H15N3S2/c1-8-4-5-9(2)11(6-8)16-7-10-12(13-3)17-15-14-10/h4-6,13H,7H2,1-3H3. The molecule has 0 amide bonds. The van der Waals surface area contributed by atoms with Crippen molar-refractivity contribution >= 4 is 28.3 Å². The van der Waals surface area contributed by atoms with Gasteiger partial charge >= 0.3 is 0 Å². The molecule has 0 fully saturated rings. The fourth-order valence-corrected chi connectivity index (χ4v) is 3.18. The molecular weight excluding hydrogens is 250 g/mol. The van der Waals surface area contributed by atoms with E-state index in [1.165, 1.54) is 27.6 Å². The highest BCUT2D eigenvalue weighted by molar-refractivity contribution is 7.98. The average molecular weight is 265 g/mol. The highest BCUT2D eigenvalue weighted by Crippen LogP contribution is 2.29. The predicted octanol–water partition coefficient (Wildman–Crippen LogP) is 3.49. The number of nitrogens with zero attached hydrogens (tertiary/aromatic N) is 2. The largest absolute Gasteiger partial charge is 0.377 e. The van der Waals surface area contributed by atoms with Gasteiger partial charge in [-0.2, -0.15) is 0 Å². The lowest BCUT2D eigenvalue weighted by Crippen LogP contribution is -1.91. The van der Waals surface area contributed by atoms with E-state index in [0.29, 0.717) is 0 Å². The number of hydrogen-bond donors (Lipinski definition) is 1. The maximum absolute atomic E-state index is 4.14. The molecule has 0 unspecified atom stereocenters. The van der Waals surface area contributed by atoms with E-state index < -0.39 is 0 Å². The Bertz CT molecular complexity index is 508. The summed E-state index contributed by atoms with van der Waals surface area (Å²) in [7, 11) is 1.90. The van der Waals surface area contributed by atoms with Crippen LogP contribution in [0.25, 0.3) is 0 Å². The Balaban J connectivity index is 2.09. The monoisotopic (exact) mass is 265 g/mol. The van der Waals surface area contributed by atoms with Crippen LogP contribution in [0.5, 0.6) is 0 Å². The van der Waals surface area contributed by atoms with Gasteiger partial charge in [0, 0.05) is 29.2 Å². The lowest BCUT2D eigenvalue weighted by molar-refractivity contribution is 1.07. The van der Waals surface area contributed by atoms with Gasteiger partial charge in [0.25, 0.3) is 0 Å². The molecule has 0 aliphatic heterocycles. The number of anilines is 1. The van der Waals surface area contributed by atoms with E-state index in [0.717, 1.165) is 16.4 Å². The highest BCUT2D eigenvalue weighted by Gasteiger charge is 2.07. The van der Waals surface area contributed by atoms with E-state index in [2.05, 4.69) is 47.0 Å². The first-order valence-corrected chi connectivity index (χ1v) is 7.15. The summed E-state index contributed by atoms with van der Waals surface area (Å²) in [5, 5.41) is 8.32. The molecule has 1 heterocycles. The second-order valence-corrected chi connectivity index (χ2v) is 5.63. The van der Waals surface area contributed by atoms with Gasteiger partial charge in [0.2, 0.25) is 0 Å². The molecule has 0 atom stereocenters. The lowest BCUT2D eigenvalue weighted by Gasteiger charge is -2.06. The molecule has 0 saturated heterocycles. The van der Waals surface area contributed by atoms with Crippen molar-refractivity contribution in [1.82, 2.24) is 9.59 Å². The third-order valence-electron chi connectivity index (χ3n) is 2.49. The molecule has 2 aromatic rings. The normalized spacial score (nSPS) is 10.5. The molecule has 1 N–H and O–H groups in total. The molecule has 5 heteroatoms. The fourth-order valence-electron chi connectivity index (χ4n) is 1.50. The molecule has 0 radical (unpaired) electrons. The zero-order valence-corrected chi connectivity index (χ0v) is 11.8. The first-order valence-electron chi connectivity index (χ1n) is 5.39. The average Bonchev–Trinajstić information content (AvgIpc) is 2.77. The topological polar surface area (TPSA) is 37.8 Å². The number of aromatic nitrogens is 2. The number of thioether (sulfide) groups is 1. The summed E-state index contributed by atoms with van der Waals surface area (Å²) >= 11 is 3.22. The van der Waals surface area contributed by atoms with Crippen LogP contribution in [0.15, 0.2) is 23.1 Å². The summed E-state index contributed by atoms with van der Waals surface area (Å²) < 4.78 is 3.96. The summed E-state index contributed by atoms with van der Waals surface area (Å²) in [6, 6.07) is 6.53. The van der Waals surface area contributed by atoms with Crippen LogP contribution in [0.1, 0.15) is 16.8 Å². The molecule has 17 heavy (non-hydrogen) atoms. The van der Waals surface area contributed by atoms with Gasteiger partial charge in [-0.25, -0.2) is 0 Å². The molecule has 0 aliphatic carbocycles. The Labute approximate surface area is 110 Å². The van der Waals surface area contributed by atoms with E-state index in [-0.39, 0.29) is 0 Å². The van der Waals surface area contributed by atoms with Crippen molar-refractivity contribution in [2.24, 2.45) is 0 Å². The summed E-state index contributed by atoms with van der Waals surface area (Å²) in [5.41, 5.74) is 3.64. The second-order valence-electron chi connectivity index (χ2n) is 3.86. The molecule has 0 spiro atoms. The number of benzene rings is 1. The van der Waals surface area contributed by atoms with Crippen LogP contribution in [0.3, 0.4) is 0 Å². The van der Waals surface area contributed by atoms with Crippen molar-refractivity contribution < 1.29 is 0 Å². The third-order valence-corrected chi connectivity index (χ3v) is 4.45. The molecule has 90 valence electrons. The first-order chi connectivity index (χ1) is 8.20. The lowest BCUT2D eigenvalue weighted by atomic mass is 10.2. The zero-order valence-electron chi connectivity index (χ0n) is 10.2. The predicted molar refractivity (Wildman–Crippen MR) is 74.9 cm³/mol. The Kier molecular flexibility index (Phi) is 4.02. The number of hydrogen-bond acceptors (Lipinski definition) is 5. The van der Waals surface area contributed by atoms with Gasteiger partial charge in [-0.15, -0.1) is 16.9 Å². The third kappa shape index (κ3) is 2.98. The van der Waals surface area contributed by atoms with Gasteiger partial charge in [-0.1, -0.05) is 22.2 Å². The van der Waals surface area contributed by atoms with Crippen molar-refractivity contribution in [1.29, 1.82) is 0 Å². The van der Waals surface area contributed by atoms with Gasteiger partial charge in [0.15, 0.2) is 0 Å².